The van der Waals surface area contributed by atoms with Gasteiger partial charge in [-0.3, -0.25) is 4.79 Å². The van der Waals surface area contributed by atoms with Gasteiger partial charge in [0.2, 0.25) is 0 Å². The lowest BCUT2D eigenvalue weighted by Gasteiger charge is -2.35. The molecule has 98 valence electrons. The number of hydrogen-bond acceptors (Lipinski definition) is 2. The first kappa shape index (κ1) is 13.4. The number of hydrogen-bond donors (Lipinski definition) is 2. The summed E-state index contributed by atoms with van der Waals surface area (Å²) >= 11 is 5.98. The van der Waals surface area contributed by atoms with Gasteiger partial charge in [0.05, 0.1) is 0 Å². The van der Waals surface area contributed by atoms with Crippen LogP contribution in [0.1, 0.15) is 35.7 Å². The quantitative estimate of drug-likeness (QED) is 0.864. The van der Waals surface area contributed by atoms with Crippen molar-refractivity contribution in [2.75, 3.05) is 13.1 Å². The largest absolute Gasteiger partial charge is 0.347 e. The zero-order chi connectivity index (χ0) is 13.2. The van der Waals surface area contributed by atoms with Crippen molar-refractivity contribution in [1.29, 1.82) is 0 Å². The molecule has 1 fully saturated rings. The van der Waals surface area contributed by atoms with E-state index in [-0.39, 0.29) is 11.4 Å². The predicted molar refractivity (Wildman–Crippen MR) is 74.2 cm³/mol. The third-order valence-corrected chi connectivity index (χ3v) is 3.64. The van der Waals surface area contributed by atoms with Crippen molar-refractivity contribution < 1.29 is 4.79 Å². The second kappa shape index (κ2) is 5.29. The van der Waals surface area contributed by atoms with Crippen LogP contribution in [0.4, 0.5) is 0 Å². The average molecular weight is 267 g/mol. The van der Waals surface area contributed by atoms with Crippen molar-refractivity contribution >= 4 is 17.5 Å². The van der Waals surface area contributed by atoms with E-state index in [4.69, 9.17) is 11.6 Å². The molecular formula is C14H19ClN2O. The normalized spacial score (nSPS) is 18.4. The van der Waals surface area contributed by atoms with Crippen molar-refractivity contribution in [2.24, 2.45) is 0 Å². The molecule has 1 aliphatic rings. The molecule has 0 unspecified atom stereocenters. The summed E-state index contributed by atoms with van der Waals surface area (Å²) in [5.41, 5.74) is 1.53. The van der Waals surface area contributed by atoms with Crippen LogP contribution < -0.4 is 10.6 Å². The van der Waals surface area contributed by atoms with Crippen LogP contribution in [-0.2, 0) is 0 Å². The number of nitrogens with one attached hydrogen (secondary N) is 2. The molecule has 3 nitrogen and oxygen atoms in total. The van der Waals surface area contributed by atoms with E-state index in [1.54, 1.807) is 6.07 Å². The molecule has 0 atom stereocenters. The number of carbonyl (C=O) groups excluding carboxylic acids is 1. The van der Waals surface area contributed by atoms with Crippen LogP contribution in [0.3, 0.4) is 0 Å². The van der Waals surface area contributed by atoms with Gasteiger partial charge in [0.1, 0.15) is 0 Å². The zero-order valence-corrected chi connectivity index (χ0v) is 11.6. The van der Waals surface area contributed by atoms with Crippen LogP contribution in [0.15, 0.2) is 18.2 Å². The number of aryl methyl sites for hydroxylation is 1. The van der Waals surface area contributed by atoms with Crippen molar-refractivity contribution in [3.63, 3.8) is 0 Å². The number of carbonyl (C=O) groups is 1. The van der Waals surface area contributed by atoms with Gasteiger partial charge in [-0.25, -0.2) is 0 Å². The summed E-state index contributed by atoms with van der Waals surface area (Å²) < 4.78 is 0. The van der Waals surface area contributed by atoms with E-state index in [1.165, 1.54) is 0 Å². The lowest BCUT2D eigenvalue weighted by molar-refractivity contribution is 0.0887. The zero-order valence-electron chi connectivity index (χ0n) is 10.8. The van der Waals surface area contributed by atoms with Crippen molar-refractivity contribution in [1.82, 2.24) is 10.6 Å². The first-order chi connectivity index (χ1) is 8.48. The molecule has 0 radical (unpaired) electrons. The van der Waals surface area contributed by atoms with Gasteiger partial charge in [0.25, 0.3) is 5.91 Å². The maximum atomic E-state index is 12.2. The summed E-state index contributed by atoms with van der Waals surface area (Å²) in [7, 11) is 0. The topological polar surface area (TPSA) is 41.1 Å². The third kappa shape index (κ3) is 3.24. The highest BCUT2D eigenvalue weighted by Gasteiger charge is 2.28. The molecule has 0 aromatic heterocycles. The molecule has 1 saturated heterocycles. The lowest BCUT2D eigenvalue weighted by atomic mass is 9.90. The van der Waals surface area contributed by atoms with E-state index >= 15 is 0 Å². The van der Waals surface area contributed by atoms with Crippen LogP contribution in [0.25, 0.3) is 0 Å². The average Bonchev–Trinajstić information content (AvgIpc) is 2.28. The van der Waals surface area contributed by atoms with Crippen molar-refractivity contribution in [3.05, 3.63) is 34.3 Å². The molecule has 0 bridgehead atoms. The van der Waals surface area contributed by atoms with Gasteiger partial charge in [-0.1, -0.05) is 11.6 Å². The van der Waals surface area contributed by atoms with Crippen LogP contribution in [0.5, 0.6) is 0 Å². The maximum absolute atomic E-state index is 12.2. The smallest absolute Gasteiger partial charge is 0.251 e. The van der Waals surface area contributed by atoms with Crippen LogP contribution in [0, 0.1) is 6.92 Å². The Kier molecular flexibility index (Phi) is 3.93. The first-order valence-electron chi connectivity index (χ1n) is 6.29. The number of rotatable bonds is 2. The highest BCUT2D eigenvalue weighted by Crippen LogP contribution is 2.19. The van der Waals surface area contributed by atoms with E-state index in [0.717, 1.165) is 31.5 Å². The number of benzene rings is 1. The molecule has 1 heterocycles. The summed E-state index contributed by atoms with van der Waals surface area (Å²) in [5.74, 6) is -0.0370. The number of piperidine rings is 1. The second-order valence-electron chi connectivity index (χ2n) is 5.28. The Morgan fingerprint density at radius 2 is 2.00 bits per heavy atom. The van der Waals surface area contributed by atoms with Gasteiger partial charge >= 0.3 is 0 Å². The SMILES string of the molecule is Cc1cc(Cl)cc(C(=O)NC2(C)CCNCC2)c1. The van der Waals surface area contributed by atoms with Gasteiger partial charge in [-0.05, 0) is 63.5 Å². The fraction of sp³-hybridized carbons (Fsp3) is 0.500. The minimum atomic E-state index is -0.113. The van der Waals surface area contributed by atoms with Gasteiger partial charge in [-0.2, -0.15) is 0 Å². The van der Waals surface area contributed by atoms with Gasteiger partial charge in [-0.15, -0.1) is 0 Å². The summed E-state index contributed by atoms with van der Waals surface area (Å²) in [6.45, 7) is 5.94. The molecular weight excluding hydrogens is 248 g/mol. The molecule has 0 saturated carbocycles. The van der Waals surface area contributed by atoms with Gasteiger partial charge in [0.15, 0.2) is 0 Å². The highest BCUT2D eigenvalue weighted by atomic mass is 35.5. The summed E-state index contributed by atoms with van der Waals surface area (Å²) in [4.78, 5) is 12.2. The summed E-state index contributed by atoms with van der Waals surface area (Å²) in [6.07, 6.45) is 1.91. The fourth-order valence-corrected chi connectivity index (χ4v) is 2.61. The molecule has 1 aliphatic heterocycles. The molecule has 1 aromatic carbocycles. The Bertz CT molecular complexity index is 433. The van der Waals surface area contributed by atoms with E-state index in [0.29, 0.717) is 10.6 Å². The molecule has 4 heteroatoms. The maximum Gasteiger partial charge on any atom is 0.251 e. The monoisotopic (exact) mass is 266 g/mol. The molecule has 1 amide bonds. The van der Waals surface area contributed by atoms with Crippen LogP contribution >= 0.6 is 11.6 Å². The Hall–Kier alpha value is -1.06. The first-order valence-corrected chi connectivity index (χ1v) is 6.67. The minimum absolute atomic E-state index is 0.0370. The Labute approximate surface area is 113 Å². The Morgan fingerprint density at radius 3 is 2.61 bits per heavy atom. The molecule has 0 spiro atoms. The standard InChI is InChI=1S/C14H19ClN2O/c1-10-7-11(9-12(15)8-10)13(18)17-14(2)3-5-16-6-4-14/h7-9,16H,3-6H2,1-2H3,(H,17,18). The second-order valence-corrected chi connectivity index (χ2v) is 5.72. The van der Waals surface area contributed by atoms with Crippen molar-refractivity contribution in [2.45, 2.75) is 32.2 Å². The number of halogens is 1. The molecule has 18 heavy (non-hydrogen) atoms. The minimum Gasteiger partial charge on any atom is -0.347 e. The predicted octanol–water partition coefficient (Wildman–Crippen LogP) is 2.52. The van der Waals surface area contributed by atoms with E-state index in [1.807, 2.05) is 19.1 Å². The summed E-state index contributed by atoms with van der Waals surface area (Å²) in [5, 5.41) is 7.03. The molecule has 0 aliphatic carbocycles. The van der Waals surface area contributed by atoms with Crippen molar-refractivity contribution in [3.8, 4) is 0 Å². The van der Waals surface area contributed by atoms with Crippen LogP contribution in [0.2, 0.25) is 5.02 Å². The third-order valence-electron chi connectivity index (χ3n) is 3.43. The van der Waals surface area contributed by atoms with E-state index in [9.17, 15) is 4.79 Å². The molecule has 1 aromatic rings. The molecule has 2 N–H and O–H groups in total. The van der Waals surface area contributed by atoms with E-state index < -0.39 is 0 Å². The fourth-order valence-electron chi connectivity index (χ4n) is 2.32. The highest BCUT2D eigenvalue weighted by molar-refractivity contribution is 6.31. The number of amides is 1. The van der Waals surface area contributed by atoms with E-state index in [2.05, 4.69) is 17.6 Å². The van der Waals surface area contributed by atoms with Gasteiger partial charge in [0, 0.05) is 16.1 Å². The Morgan fingerprint density at radius 1 is 1.33 bits per heavy atom. The molecule has 2 rings (SSSR count). The van der Waals surface area contributed by atoms with Gasteiger partial charge < -0.3 is 10.6 Å². The lowest BCUT2D eigenvalue weighted by Crippen LogP contribution is -2.52. The Balaban J connectivity index is 2.11. The summed E-state index contributed by atoms with van der Waals surface area (Å²) in [6, 6.07) is 5.44. The van der Waals surface area contributed by atoms with Crippen LogP contribution in [-0.4, -0.2) is 24.5 Å².